The molecule has 5 heteroatoms. The topological polar surface area (TPSA) is 63.4 Å². The van der Waals surface area contributed by atoms with E-state index in [4.69, 9.17) is 5.73 Å². The molecular weight excluding hydrogens is 212 g/mol. The van der Waals surface area contributed by atoms with E-state index in [1.54, 1.807) is 4.31 Å². The van der Waals surface area contributed by atoms with Crippen LogP contribution >= 0.6 is 0 Å². The molecule has 0 bridgehead atoms. The molecule has 0 aromatic heterocycles. The molecule has 1 aliphatic rings. The van der Waals surface area contributed by atoms with E-state index in [-0.39, 0.29) is 5.75 Å². The van der Waals surface area contributed by atoms with E-state index in [1.165, 1.54) is 6.08 Å². The van der Waals surface area contributed by atoms with Crippen LogP contribution in [0, 0.1) is 11.8 Å². The second-order valence-electron chi connectivity index (χ2n) is 4.19. The lowest BCUT2D eigenvalue weighted by Gasteiger charge is -2.35. The van der Waals surface area contributed by atoms with Gasteiger partial charge < -0.3 is 5.73 Å². The molecule has 88 valence electrons. The fourth-order valence-electron chi connectivity index (χ4n) is 1.93. The summed E-state index contributed by atoms with van der Waals surface area (Å²) in [6.07, 6.45) is 2.34. The first-order valence-electron chi connectivity index (χ1n) is 5.30. The van der Waals surface area contributed by atoms with Gasteiger partial charge in [-0.2, -0.15) is 0 Å². The highest BCUT2D eigenvalue weighted by Gasteiger charge is 2.31. The van der Waals surface area contributed by atoms with Crippen molar-refractivity contribution in [2.45, 2.75) is 13.3 Å². The van der Waals surface area contributed by atoms with Crippen molar-refractivity contribution in [1.82, 2.24) is 4.31 Å². The number of sulfonamides is 1. The maximum absolute atomic E-state index is 11.8. The standard InChI is InChI=1S/C10H20N2O2S/c1-3-6-15(13,14)12-5-4-9(2)10(7-11)8-12/h3,9-10H,1,4-8,11H2,2H3. The average Bonchev–Trinajstić information content (AvgIpc) is 2.18. The minimum Gasteiger partial charge on any atom is -0.330 e. The number of hydrogen-bond donors (Lipinski definition) is 1. The first-order chi connectivity index (χ1) is 7.01. The van der Waals surface area contributed by atoms with Crippen LogP contribution in [0.2, 0.25) is 0 Å². The van der Waals surface area contributed by atoms with Gasteiger partial charge in [-0.1, -0.05) is 13.0 Å². The lowest BCUT2D eigenvalue weighted by Crippen LogP contribution is -2.45. The SMILES string of the molecule is C=CCS(=O)(=O)N1CCC(C)C(CN)C1. The second kappa shape index (κ2) is 5.09. The predicted octanol–water partition coefficient (Wildman–Crippen LogP) is 0.419. The van der Waals surface area contributed by atoms with Crippen LogP contribution in [-0.4, -0.2) is 38.1 Å². The van der Waals surface area contributed by atoms with Gasteiger partial charge in [-0.15, -0.1) is 6.58 Å². The van der Waals surface area contributed by atoms with Crippen LogP contribution in [0.4, 0.5) is 0 Å². The Balaban J connectivity index is 2.69. The van der Waals surface area contributed by atoms with Crippen molar-refractivity contribution >= 4 is 10.0 Å². The largest absolute Gasteiger partial charge is 0.330 e. The van der Waals surface area contributed by atoms with Gasteiger partial charge in [0.1, 0.15) is 0 Å². The predicted molar refractivity (Wildman–Crippen MR) is 61.9 cm³/mol. The molecule has 1 saturated heterocycles. The summed E-state index contributed by atoms with van der Waals surface area (Å²) in [4.78, 5) is 0. The van der Waals surface area contributed by atoms with Crippen molar-refractivity contribution < 1.29 is 8.42 Å². The number of piperidine rings is 1. The molecule has 1 rings (SSSR count). The molecule has 0 amide bonds. The fraction of sp³-hybridized carbons (Fsp3) is 0.800. The van der Waals surface area contributed by atoms with Crippen molar-refractivity contribution in [3.05, 3.63) is 12.7 Å². The van der Waals surface area contributed by atoms with E-state index in [2.05, 4.69) is 13.5 Å². The first-order valence-corrected chi connectivity index (χ1v) is 6.91. The molecule has 15 heavy (non-hydrogen) atoms. The van der Waals surface area contributed by atoms with Crippen molar-refractivity contribution in [3.8, 4) is 0 Å². The zero-order chi connectivity index (χ0) is 11.5. The van der Waals surface area contributed by atoms with Crippen LogP contribution in [0.3, 0.4) is 0 Å². The Kier molecular flexibility index (Phi) is 4.31. The average molecular weight is 232 g/mol. The molecule has 0 spiro atoms. The van der Waals surface area contributed by atoms with Gasteiger partial charge in [-0.3, -0.25) is 0 Å². The Bertz CT molecular complexity index is 313. The minimum atomic E-state index is -3.14. The number of rotatable bonds is 4. The van der Waals surface area contributed by atoms with E-state index in [1.807, 2.05) is 0 Å². The van der Waals surface area contributed by atoms with Crippen LogP contribution < -0.4 is 5.73 Å². The highest BCUT2D eigenvalue weighted by Crippen LogP contribution is 2.24. The Morgan fingerprint density at radius 2 is 2.27 bits per heavy atom. The van der Waals surface area contributed by atoms with Gasteiger partial charge in [-0.05, 0) is 24.8 Å². The molecule has 2 atom stereocenters. The van der Waals surface area contributed by atoms with Crippen LogP contribution in [0.15, 0.2) is 12.7 Å². The summed E-state index contributed by atoms with van der Waals surface area (Å²) in [6, 6.07) is 0. The Morgan fingerprint density at radius 1 is 1.60 bits per heavy atom. The molecule has 0 radical (unpaired) electrons. The molecular formula is C10H20N2O2S. The molecule has 1 heterocycles. The lowest BCUT2D eigenvalue weighted by atomic mass is 9.88. The highest BCUT2D eigenvalue weighted by atomic mass is 32.2. The second-order valence-corrected chi connectivity index (χ2v) is 6.20. The summed E-state index contributed by atoms with van der Waals surface area (Å²) >= 11 is 0. The van der Waals surface area contributed by atoms with E-state index in [0.29, 0.717) is 31.5 Å². The van der Waals surface area contributed by atoms with Crippen LogP contribution in [0.1, 0.15) is 13.3 Å². The van der Waals surface area contributed by atoms with Crippen molar-refractivity contribution in [3.63, 3.8) is 0 Å². The van der Waals surface area contributed by atoms with E-state index < -0.39 is 10.0 Å². The van der Waals surface area contributed by atoms with E-state index in [0.717, 1.165) is 6.42 Å². The van der Waals surface area contributed by atoms with Gasteiger partial charge in [0, 0.05) is 13.1 Å². The number of nitrogens with zero attached hydrogens (tertiary/aromatic N) is 1. The molecule has 0 saturated carbocycles. The van der Waals surface area contributed by atoms with E-state index in [9.17, 15) is 8.42 Å². The van der Waals surface area contributed by atoms with Crippen LogP contribution in [0.25, 0.3) is 0 Å². The van der Waals surface area contributed by atoms with Crippen molar-refractivity contribution in [2.24, 2.45) is 17.6 Å². The van der Waals surface area contributed by atoms with Crippen molar-refractivity contribution in [2.75, 3.05) is 25.4 Å². The summed E-state index contributed by atoms with van der Waals surface area (Å²) in [5.41, 5.74) is 5.63. The molecule has 1 fully saturated rings. The third kappa shape index (κ3) is 3.03. The lowest BCUT2D eigenvalue weighted by molar-refractivity contribution is 0.203. The molecule has 4 nitrogen and oxygen atoms in total. The van der Waals surface area contributed by atoms with Gasteiger partial charge in [-0.25, -0.2) is 12.7 Å². The van der Waals surface area contributed by atoms with Crippen LogP contribution in [-0.2, 0) is 10.0 Å². The molecule has 2 unspecified atom stereocenters. The molecule has 0 aromatic rings. The number of nitrogens with two attached hydrogens (primary N) is 1. The highest BCUT2D eigenvalue weighted by molar-refractivity contribution is 7.89. The van der Waals surface area contributed by atoms with Gasteiger partial charge >= 0.3 is 0 Å². The van der Waals surface area contributed by atoms with Gasteiger partial charge in [0.25, 0.3) is 0 Å². The maximum Gasteiger partial charge on any atom is 0.217 e. The quantitative estimate of drug-likeness (QED) is 0.714. The number of hydrogen-bond acceptors (Lipinski definition) is 3. The summed E-state index contributed by atoms with van der Waals surface area (Å²) in [5.74, 6) is 0.835. The fourth-order valence-corrected chi connectivity index (χ4v) is 3.24. The third-order valence-corrected chi connectivity index (χ3v) is 4.88. The Labute approximate surface area is 92.2 Å². The molecule has 0 aromatic carbocycles. The Hall–Kier alpha value is -0.390. The first kappa shape index (κ1) is 12.7. The monoisotopic (exact) mass is 232 g/mol. The van der Waals surface area contributed by atoms with Gasteiger partial charge in [0.2, 0.25) is 10.0 Å². The Morgan fingerprint density at radius 3 is 2.80 bits per heavy atom. The molecule has 0 aliphatic carbocycles. The van der Waals surface area contributed by atoms with E-state index >= 15 is 0 Å². The summed E-state index contributed by atoms with van der Waals surface area (Å²) < 4.78 is 25.1. The van der Waals surface area contributed by atoms with Gasteiger partial charge in [0.15, 0.2) is 0 Å². The maximum atomic E-state index is 11.8. The molecule has 1 aliphatic heterocycles. The van der Waals surface area contributed by atoms with Gasteiger partial charge in [0.05, 0.1) is 5.75 Å². The zero-order valence-corrected chi connectivity index (χ0v) is 10.0. The smallest absolute Gasteiger partial charge is 0.217 e. The third-order valence-electron chi connectivity index (χ3n) is 3.10. The van der Waals surface area contributed by atoms with Crippen molar-refractivity contribution in [1.29, 1.82) is 0 Å². The molecule has 2 N–H and O–H groups in total. The van der Waals surface area contributed by atoms with Crippen LogP contribution in [0.5, 0.6) is 0 Å². The zero-order valence-electron chi connectivity index (χ0n) is 9.22. The normalized spacial score (nSPS) is 28.9. The minimum absolute atomic E-state index is 0.0265. The summed E-state index contributed by atoms with van der Waals surface area (Å²) in [7, 11) is -3.14. The summed E-state index contributed by atoms with van der Waals surface area (Å²) in [6.45, 7) is 7.34. The summed E-state index contributed by atoms with van der Waals surface area (Å²) in [5, 5.41) is 0.